The molecule has 0 unspecified atom stereocenters. The van der Waals surface area contributed by atoms with Gasteiger partial charge in [0.1, 0.15) is 12.2 Å². The van der Waals surface area contributed by atoms with E-state index < -0.39 is 0 Å². The Morgan fingerprint density at radius 3 is 2.24 bits per heavy atom. The third kappa shape index (κ3) is 3.69. The van der Waals surface area contributed by atoms with E-state index in [1.807, 2.05) is 79.0 Å². The van der Waals surface area contributed by atoms with Crippen LogP contribution < -0.4 is 5.43 Å². The zero-order chi connectivity index (χ0) is 23.1. The van der Waals surface area contributed by atoms with Crippen LogP contribution in [0.3, 0.4) is 0 Å². The van der Waals surface area contributed by atoms with Gasteiger partial charge >= 0.3 is 0 Å². The molecule has 6 rings (SSSR count). The number of fused-ring (bicyclic) bond motifs is 2. The molecule has 0 saturated carbocycles. The van der Waals surface area contributed by atoms with Crippen molar-refractivity contribution in [2.75, 3.05) is 0 Å². The average Bonchev–Trinajstić information content (AvgIpc) is 3.52. The Kier molecular flexibility index (Phi) is 5.03. The number of pyridine rings is 1. The van der Waals surface area contributed by atoms with Crippen molar-refractivity contribution < 1.29 is 4.52 Å². The number of hydrogen-bond acceptors (Lipinski definition) is 6. The highest BCUT2D eigenvalue weighted by Crippen LogP contribution is 2.21. The van der Waals surface area contributed by atoms with Crippen LogP contribution in [0.15, 0.2) is 92.8 Å². The molecule has 9 heteroatoms. The summed E-state index contributed by atoms with van der Waals surface area (Å²) in [5.74, 6) is 0.961. The van der Waals surface area contributed by atoms with Crippen LogP contribution in [0.25, 0.3) is 33.2 Å². The predicted molar refractivity (Wildman–Crippen MR) is 131 cm³/mol. The summed E-state index contributed by atoms with van der Waals surface area (Å²) in [5, 5.41) is 14.0. The van der Waals surface area contributed by atoms with Crippen LogP contribution in [0.2, 0.25) is 0 Å². The highest BCUT2D eigenvalue weighted by atomic mass is 79.9. The normalized spacial score (nSPS) is 11.4. The zero-order valence-electron chi connectivity index (χ0n) is 17.8. The van der Waals surface area contributed by atoms with E-state index in [-0.39, 0.29) is 5.43 Å². The van der Waals surface area contributed by atoms with Gasteiger partial charge in [-0.3, -0.25) is 4.79 Å². The summed E-state index contributed by atoms with van der Waals surface area (Å²) in [4.78, 5) is 17.4. The fourth-order valence-electron chi connectivity index (χ4n) is 4.07. The molecule has 0 fully saturated rings. The van der Waals surface area contributed by atoms with Crippen molar-refractivity contribution in [1.82, 2.24) is 29.7 Å². The number of halogens is 1. The molecule has 0 radical (unpaired) electrons. The first-order chi connectivity index (χ1) is 16.7. The van der Waals surface area contributed by atoms with Gasteiger partial charge in [0.15, 0.2) is 5.43 Å². The molecule has 3 aromatic heterocycles. The van der Waals surface area contributed by atoms with E-state index >= 15 is 0 Å². The van der Waals surface area contributed by atoms with Gasteiger partial charge in [-0.25, -0.2) is 4.68 Å². The largest absolute Gasteiger partial charge is 0.337 e. The Bertz CT molecular complexity index is 1640. The van der Waals surface area contributed by atoms with Gasteiger partial charge in [-0.05, 0) is 48.5 Å². The van der Waals surface area contributed by atoms with Crippen molar-refractivity contribution in [3.63, 3.8) is 0 Å². The lowest BCUT2D eigenvalue weighted by Gasteiger charge is -2.13. The summed E-state index contributed by atoms with van der Waals surface area (Å²) in [6, 6.07) is 23.0. The second-order valence-corrected chi connectivity index (χ2v) is 8.79. The first kappa shape index (κ1) is 20.5. The Morgan fingerprint density at radius 2 is 1.53 bits per heavy atom. The molecule has 6 aromatic rings. The van der Waals surface area contributed by atoms with Gasteiger partial charge in [0, 0.05) is 20.8 Å². The summed E-state index contributed by atoms with van der Waals surface area (Å²) in [6.07, 6.45) is 1.85. The lowest BCUT2D eigenvalue weighted by Crippen LogP contribution is -2.12. The Morgan fingerprint density at radius 1 is 0.853 bits per heavy atom. The predicted octanol–water partition coefficient (Wildman–Crippen LogP) is 4.66. The molecular formula is C25H17BrN6O2. The van der Waals surface area contributed by atoms with E-state index in [0.29, 0.717) is 35.6 Å². The SMILES string of the molecule is O=c1c2ccccc2n(Cc2cn(Cc3nc(-c4ccc(Br)cc4)no3)nn2)c2ccccc12. The van der Waals surface area contributed by atoms with Crippen LogP contribution in [0.1, 0.15) is 11.6 Å². The topological polar surface area (TPSA) is 91.6 Å². The summed E-state index contributed by atoms with van der Waals surface area (Å²) < 4.78 is 10.2. The number of aromatic nitrogens is 6. The second-order valence-electron chi connectivity index (χ2n) is 7.88. The Hall–Kier alpha value is -4.11. The van der Waals surface area contributed by atoms with Crippen LogP contribution in [0.5, 0.6) is 0 Å². The number of para-hydroxylation sites is 2. The molecule has 8 nitrogen and oxygen atoms in total. The quantitative estimate of drug-likeness (QED) is 0.312. The molecule has 0 bridgehead atoms. The van der Waals surface area contributed by atoms with Crippen LogP contribution in [0, 0.1) is 0 Å². The van der Waals surface area contributed by atoms with Crippen molar-refractivity contribution in [2.45, 2.75) is 13.1 Å². The van der Waals surface area contributed by atoms with E-state index in [1.54, 1.807) is 4.68 Å². The van der Waals surface area contributed by atoms with Crippen molar-refractivity contribution in [3.8, 4) is 11.4 Å². The summed E-state index contributed by atoms with van der Waals surface area (Å²) >= 11 is 3.42. The van der Waals surface area contributed by atoms with Crippen LogP contribution >= 0.6 is 15.9 Å². The molecule has 0 N–H and O–H groups in total. The van der Waals surface area contributed by atoms with Crippen molar-refractivity contribution >= 4 is 37.7 Å². The summed E-state index contributed by atoms with van der Waals surface area (Å²) in [7, 11) is 0. The smallest absolute Gasteiger partial charge is 0.248 e. The number of rotatable bonds is 5. The Balaban J connectivity index is 1.30. The van der Waals surface area contributed by atoms with Gasteiger partial charge in [0.2, 0.25) is 11.7 Å². The van der Waals surface area contributed by atoms with E-state index in [9.17, 15) is 4.79 Å². The van der Waals surface area contributed by atoms with Gasteiger partial charge in [0.25, 0.3) is 0 Å². The van der Waals surface area contributed by atoms with Gasteiger partial charge in [-0.2, -0.15) is 4.98 Å². The van der Waals surface area contributed by atoms with Gasteiger partial charge < -0.3 is 9.09 Å². The monoisotopic (exact) mass is 512 g/mol. The zero-order valence-corrected chi connectivity index (χ0v) is 19.4. The highest BCUT2D eigenvalue weighted by molar-refractivity contribution is 9.10. The molecule has 0 aliphatic rings. The molecule has 0 amide bonds. The van der Waals surface area contributed by atoms with E-state index in [0.717, 1.165) is 26.8 Å². The highest BCUT2D eigenvalue weighted by Gasteiger charge is 2.14. The molecule has 34 heavy (non-hydrogen) atoms. The number of hydrogen-bond donors (Lipinski definition) is 0. The molecule has 0 aliphatic carbocycles. The molecule has 0 saturated heterocycles. The van der Waals surface area contributed by atoms with Gasteiger partial charge in [-0.1, -0.05) is 50.6 Å². The molecule has 0 aliphatic heterocycles. The molecule has 0 atom stereocenters. The lowest BCUT2D eigenvalue weighted by molar-refractivity contribution is 0.364. The lowest BCUT2D eigenvalue weighted by atomic mass is 10.1. The van der Waals surface area contributed by atoms with Crippen molar-refractivity contribution in [1.29, 1.82) is 0 Å². The molecular weight excluding hydrogens is 496 g/mol. The maximum atomic E-state index is 12.9. The average molecular weight is 513 g/mol. The van der Waals surface area contributed by atoms with E-state index in [4.69, 9.17) is 4.52 Å². The maximum absolute atomic E-state index is 12.9. The number of benzene rings is 3. The standard InChI is InChI=1S/C25H17BrN6O2/c26-17-11-9-16(10-12-17)25-27-23(34-29-25)15-31-13-18(28-30-31)14-32-21-7-3-1-5-19(21)24(33)20-6-2-4-8-22(20)32/h1-13H,14-15H2. The maximum Gasteiger partial charge on any atom is 0.248 e. The minimum atomic E-state index is 0.0316. The Labute approximate surface area is 201 Å². The summed E-state index contributed by atoms with van der Waals surface area (Å²) in [6.45, 7) is 0.775. The van der Waals surface area contributed by atoms with Crippen LogP contribution in [0.4, 0.5) is 0 Å². The fourth-order valence-corrected chi connectivity index (χ4v) is 4.34. The third-order valence-corrected chi connectivity index (χ3v) is 6.18. The van der Waals surface area contributed by atoms with Gasteiger partial charge in [0.05, 0.1) is 23.8 Å². The van der Waals surface area contributed by atoms with E-state index in [2.05, 4.69) is 40.9 Å². The van der Waals surface area contributed by atoms with Gasteiger partial charge in [-0.15, -0.1) is 5.10 Å². The number of nitrogens with zero attached hydrogens (tertiary/aromatic N) is 6. The van der Waals surface area contributed by atoms with Crippen LogP contribution in [-0.2, 0) is 13.1 Å². The molecule has 166 valence electrons. The van der Waals surface area contributed by atoms with E-state index in [1.165, 1.54) is 0 Å². The molecule has 0 spiro atoms. The molecule has 3 aromatic carbocycles. The summed E-state index contributed by atoms with van der Waals surface area (Å²) in [5.41, 5.74) is 3.37. The van der Waals surface area contributed by atoms with Crippen molar-refractivity contribution in [2.24, 2.45) is 0 Å². The second kappa shape index (κ2) is 8.35. The van der Waals surface area contributed by atoms with Crippen LogP contribution in [-0.4, -0.2) is 29.7 Å². The molecule has 3 heterocycles. The third-order valence-electron chi connectivity index (χ3n) is 5.65. The minimum absolute atomic E-state index is 0.0316. The first-order valence-electron chi connectivity index (χ1n) is 10.6. The van der Waals surface area contributed by atoms with Crippen molar-refractivity contribution in [3.05, 3.63) is 105 Å². The fraction of sp³-hybridized carbons (Fsp3) is 0.0800. The minimum Gasteiger partial charge on any atom is -0.337 e. The first-order valence-corrected chi connectivity index (χ1v) is 11.4.